The van der Waals surface area contributed by atoms with Gasteiger partial charge in [-0.25, -0.2) is 4.68 Å². The van der Waals surface area contributed by atoms with Crippen molar-refractivity contribution in [1.82, 2.24) is 9.78 Å². The summed E-state index contributed by atoms with van der Waals surface area (Å²) >= 11 is 3.60. The summed E-state index contributed by atoms with van der Waals surface area (Å²) in [5.41, 5.74) is 10.3. The third-order valence-electron chi connectivity index (χ3n) is 3.43. The maximum atomic E-state index is 5.91. The van der Waals surface area contributed by atoms with Crippen LogP contribution in [-0.4, -0.2) is 9.78 Å². The van der Waals surface area contributed by atoms with E-state index in [0.29, 0.717) is 0 Å². The van der Waals surface area contributed by atoms with E-state index in [9.17, 15) is 0 Å². The molecule has 1 atom stereocenters. The van der Waals surface area contributed by atoms with E-state index in [-0.39, 0.29) is 6.04 Å². The van der Waals surface area contributed by atoms with Gasteiger partial charge in [-0.1, -0.05) is 36.4 Å². The van der Waals surface area contributed by atoms with E-state index in [2.05, 4.69) is 33.2 Å². The molecule has 4 heteroatoms. The van der Waals surface area contributed by atoms with Crippen molar-refractivity contribution in [2.75, 3.05) is 0 Å². The normalized spacial score (nSPS) is 12.3. The zero-order chi connectivity index (χ0) is 14.8. The molecule has 0 aliphatic carbocycles. The van der Waals surface area contributed by atoms with E-state index < -0.39 is 0 Å². The number of benzene rings is 2. The topological polar surface area (TPSA) is 43.8 Å². The number of rotatable bonds is 3. The highest BCUT2D eigenvalue weighted by molar-refractivity contribution is 9.10. The van der Waals surface area contributed by atoms with E-state index >= 15 is 0 Å². The van der Waals surface area contributed by atoms with E-state index in [0.717, 1.165) is 26.9 Å². The predicted octanol–water partition coefficient (Wildman–Crippen LogP) is 4.32. The Morgan fingerprint density at radius 2 is 1.86 bits per heavy atom. The molecule has 3 aromatic rings. The number of aromatic nitrogens is 2. The van der Waals surface area contributed by atoms with Gasteiger partial charge in [-0.05, 0) is 46.1 Å². The molecule has 0 saturated carbocycles. The quantitative estimate of drug-likeness (QED) is 0.770. The third-order valence-corrected chi connectivity index (χ3v) is 4.07. The van der Waals surface area contributed by atoms with Gasteiger partial charge < -0.3 is 5.73 Å². The van der Waals surface area contributed by atoms with Gasteiger partial charge in [0.15, 0.2) is 0 Å². The highest BCUT2D eigenvalue weighted by Gasteiger charge is 2.08. The molecular formula is C17H16BrN3. The zero-order valence-electron chi connectivity index (χ0n) is 11.7. The number of hydrogen-bond acceptors (Lipinski definition) is 2. The second-order valence-corrected chi connectivity index (χ2v) is 5.89. The van der Waals surface area contributed by atoms with Crippen molar-refractivity contribution in [2.24, 2.45) is 5.73 Å². The zero-order valence-corrected chi connectivity index (χ0v) is 13.3. The first kappa shape index (κ1) is 14.0. The number of halogens is 1. The first-order valence-electron chi connectivity index (χ1n) is 6.80. The van der Waals surface area contributed by atoms with Crippen molar-refractivity contribution in [1.29, 1.82) is 0 Å². The Hall–Kier alpha value is -1.91. The third kappa shape index (κ3) is 2.91. The summed E-state index contributed by atoms with van der Waals surface area (Å²) in [6, 6.07) is 16.4. The van der Waals surface area contributed by atoms with Crippen molar-refractivity contribution in [3.8, 4) is 16.8 Å². The fourth-order valence-electron chi connectivity index (χ4n) is 2.23. The number of hydrogen-bond donors (Lipinski definition) is 1. The van der Waals surface area contributed by atoms with Gasteiger partial charge >= 0.3 is 0 Å². The summed E-state index contributed by atoms with van der Waals surface area (Å²) < 4.78 is 2.86. The minimum absolute atomic E-state index is 0.0212. The van der Waals surface area contributed by atoms with Gasteiger partial charge in [0.05, 0.1) is 11.9 Å². The van der Waals surface area contributed by atoms with Crippen molar-refractivity contribution < 1.29 is 0 Å². The molecule has 2 N–H and O–H groups in total. The minimum atomic E-state index is 0.0212. The molecule has 0 unspecified atom stereocenters. The molecular weight excluding hydrogens is 326 g/mol. The molecule has 1 heterocycles. The van der Waals surface area contributed by atoms with Crippen LogP contribution in [0.1, 0.15) is 18.5 Å². The number of nitrogens with two attached hydrogens (primary N) is 1. The van der Waals surface area contributed by atoms with Crippen LogP contribution in [0.25, 0.3) is 16.8 Å². The lowest BCUT2D eigenvalue weighted by Gasteiger charge is -2.09. The molecule has 21 heavy (non-hydrogen) atoms. The lowest BCUT2D eigenvalue weighted by Crippen LogP contribution is -2.05. The maximum absolute atomic E-state index is 5.91. The van der Waals surface area contributed by atoms with Crippen LogP contribution in [0.4, 0.5) is 0 Å². The van der Waals surface area contributed by atoms with Crippen LogP contribution in [0.2, 0.25) is 0 Å². The van der Waals surface area contributed by atoms with E-state index in [1.54, 1.807) is 0 Å². The number of nitrogens with zero attached hydrogens (tertiary/aromatic N) is 2. The van der Waals surface area contributed by atoms with Gasteiger partial charge in [0, 0.05) is 22.3 Å². The second-order valence-electron chi connectivity index (χ2n) is 5.04. The van der Waals surface area contributed by atoms with Gasteiger partial charge in [-0.15, -0.1) is 0 Å². The molecule has 0 amide bonds. The molecule has 0 spiro atoms. The summed E-state index contributed by atoms with van der Waals surface area (Å²) in [6.45, 7) is 1.98. The van der Waals surface area contributed by atoms with Crippen molar-refractivity contribution in [3.63, 3.8) is 0 Å². The standard InChI is InChI=1S/C17H16BrN3/c1-12(19)14-7-8-17(16(18)9-14)21-11-15(10-20-21)13-5-3-2-4-6-13/h2-12H,19H2,1H3/t12-/m0/s1. The molecule has 3 nitrogen and oxygen atoms in total. The fourth-order valence-corrected chi connectivity index (χ4v) is 2.80. The Kier molecular flexibility index (Phi) is 3.90. The fraction of sp³-hybridized carbons (Fsp3) is 0.118. The lowest BCUT2D eigenvalue weighted by atomic mass is 10.1. The van der Waals surface area contributed by atoms with E-state index in [4.69, 9.17) is 5.73 Å². The predicted molar refractivity (Wildman–Crippen MR) is 89.3 cm³/mol. The molecule has 0 fully saturated rings. The van der Waals surface area contributed by atoms with Crippen LogP contribution in [0.5, 0.6) is 0 Å². The average molecular weight is 342 g/mol. The van der Waals surface area contributed by atoms with Crippen LogP contribution in [-0.2, 0) is 0 Å². The molecule has 0 radical (unpaired) electrons. The minimum Gasteiger partial charge on any atom is -0.324 e. The monoisotopic (exact) mass is 341 g/mol. The molecule has 106 valence electrons. The molecule has 1 aromatic heterocycles. The highest BCUT2D eigenvalue weighted by Crippen LogP contribution is 2.26. The Morgan fingerprint density at radius 1 is 1.10 bits per heavy atom. The SMILES string of the molecule is C[C@H](N)c1ccc(-n2cc(-c3ccccc3)cn2)c(Br)c1. The smallest absolute Gasteiger partial charge is 0.0787 e. The van der Waals surface area contributed by atoms with Crippen molar-refractivity contribution >= 4 is 15.9 Å². The molecule has 0 bridgehead atoms. The Balaban J connectivity index is 1.97. The van der Waals surface area contributed by atoms with Crippen LogP contribution in [0, 0.1) is 0 Å². The average Bonchev–Trinajstić information content (AvgIpc) is 2.97. The maximum Gasteiger partial charge on any atom is 0.0787 e. The van der Waals surface area contributed by atoms with E-state index in [1.165, 1.54) is 0 Å². The van der Waals surface area contributed by atoms with Gasteiger partial charge in [-0.3, -0.25) is 0 Å². The largest absolute Gasteiger partial charge is 0.324 e. The molecule has 3 rings (SSSR count). The van der Waals surface area contributed by atoms with Gasteiger partial charge in [0.2, 0.25) is 0 Å². The second kappa shape index (κ2) is 5.84. The summed E-state index contributed by atoms with van der Waals surface area (Å²) in [7, 11) is 0. The molecule has 0 aliphatic heterocycles. The lowest BCUT2D eigenvalue weighted by molar-refractivity contribution is 0.812. The Bertz CT molecular complexity index is 748. The Labute approximate surface area is 132 Å². The molecule has 0 aliphatic rings. The first-order valence-corrected chi connectivity index (χ1v) is 7.60. The highest BCUT2D eigenvalue weighted by atomic mass is 79.9. The summed E-state index contributed by atoms with van der Waals surface area (Å²) in [6.07, 6.45) is 3.90. The van der Waals surface area contributed by atoms with E-state index in [1.807, 2.05) is 60.4 Å². The Morgan fingerprint density at radius 3 is 2.52 bits per heavy atom. The van der Waals surface area contributed by atoms with Gasteiger partial charge in [0.1, 0.15) is 0 Å². The van der Waals surface area contributed by atoms with Crippen LogP contribution in [0.3, 0.4) is 0 Å². The van der Waals surface area contributed by atoms with Crippen molar-refractivity contribution in [3.05, 3.63) is 71.0 Å². The molecule has 2 aromatic carbocycles. The first-order chi connectivity index (χ1) is 10.1. The van der Waals surface area contributed by atoms with Gasteiger partial charge in [0.25, 0.3) is 0 Å². The molecule has 0 saturated heterocycles. The van der Waals surface area contributed by atoms with Crippen LogP contribution >= 0.6 is 15.9 Å². The van der Waals surface area contributed by atoms with Crippen LogP contribution in [0.15, 0.2) is 65.4 Å². The summed E-state index contributed by atoms with van der Waals surface area (Å²) in [4.78, 5) is 0. The summed E-state index contributed by atoms with van der Waals surface area (Å²) in [5.74, 6) is 0. The van der Waals surface area contributed by atoms with Crippen molar-refractivity contribution in [2.45, 2.75) is 13.0 Å². The van der Waals surface area contributed by atoms with Gasteiger partial charge in [-0.2, -0.15) is 5.10 Å². The van der Waals surface area contributed by atoms with Crippen LogP contribution < -0.4 is 5.73 Å². The summed E-state index contributed by atoms with van der Waals surface area (Å²) in [5, 5.41) is 4.45.